The van der Waals surface area contributed by atoms with Crippen LogP contribution in [0.5, 0.6) is 0 Å². The molecular weight excluding hydrogens is 510 g/mol. The molecule has 9 unspecified atom stereocenters. The van der Waals surface area contributed by atoms with Gasteiger partial charge in [0.25, 0.3) is 0 Å². The Labute approximate surface area is 211 Å². The Morgan fingerprint density at radius 3 is 2.43 bits per heavy atom. The lowest BCUT2D eigenvalue weighted by Gasteiger charge is -2.49. The Hall–Kier alpha value is -0.160. The number of aliphatic hydroxyl groups excluding tert-OH is 1. The number of ether oxygens (including phenoxy) is 1. The minimum absolute atomic E-state index is 0.0295. The third-order valence-corrected chi connectivity index (χ3v) is 11.7. The molecule has 3 aliphatic carbocycles. The quantitative estimate of drug-likeness (QED) is 0.373. The SMILES string of the molecule is O=S(=O)(C1CCCC(C(F)(F)F)C1)N1CC(CO)CC2CCC(OCC3C(F)CCCC3Cl)CC21. The first-order valence-corrected chi connectivity index (χ1v) is 15.0. The van der Waals surface area contributed by atoms with Crippen LogP contribution in [0.2, 0.25) is 0 Å². The number of halogens is 5. The van der Waals surface area contributed by atoms with Crippen molar-refractivity contribution in [2.24, 2.45) is 23.7 Å². The lowest BCUT2D eigenvalue weighted by molar-refractivity contribution is -0.181. The Balaban J connectivity index is 1.46. The van der Waals surface area contributed by atoms with Gasteiger partial charge in [-0.2, -0.15) is 17.5 Å². The van der Waals surface area contributed by atoms with Crippen LogP contribution in [0, 0.1) is 23.7 Å². The van der Waals surface area contributed by atoms with E-state index in [0.717, 1.165) is 12.8 Å². The second-order valence-electron chi connectivity index (χ2n) is 11.1. The third-order valence-electron chi connectivity index (χ3n) is 8.86. The smallest absolute Gasteiger partial charge is 0.391 e. The molecule has 4 fully saturated rings. The van der Waals surface area contributed by atoms with Gasteiger partial charge in [-0.25, -0.2) is 12.8 Å². The van der Waals surface area contributed by atoms with Crippen LogP contribution < -0.4 is 0 Å². The van der Waals surface area contributed by atoms with E-state index in [4.69, 9.17) is 16.3 Å². The van der Waals surface area contributed by atoms with Crippen molar-refractivity contribution >= 4 is 21.6 Å². The summed E-state index contributed by atoms with van der Waals surface area (Å²) in [6.07, 6.45) is -1.10. The fraction of sp³-hybridized carbons (Fsp3) is 1.00. The molecule has 11 heteroatoms. The molecule has 1 N–H and O–H groups in total. The zero-order valence-electron chi connectivity index (χ0n) is 20.0. The molecule has 1 saturated heterocycles. The molecule has 1 aliphatic heterocycles. The first-order valence-electron chi connectivity index (χ1n) is 13.1. The summed E-state index contributed by atoms with van der Waals surface area (Å²) in [4.78, 5) is 0. The summed E-state index contributed by atoms with van der Waals surface area (Å²) in [5.74, 6) is -2.17. The van der Waals surface area contributed by atoms with E-state index >= 15 is 0 Å². The normalized spacial score (nSPS) is 41.9. The largest absolute Gasteiger partial charge is 0.396 e. The van der Waals surface area contributed by atoms with Gasteiger partial charge in [0, 0.05) is 30.5 Å². The van der Waals surface area contributed by atoms with Crippen LogP contribution >= 0.6 is 11.6 Å². The maximum Gasteiger partial charge on any atom is 0.391 e. The minimum atomic E-state index is -4.40. The van der Waals surface area contributed by atoms with Crippen LogP contribution in [-0.4, -0.2) is 72.7 Å². The molecular formula is C24H38ClF4NO4S. The lowest BCUT2D eigenvalue weighted by atomic mass is 9.75. The highest BCUT2D eigenvalue weighted by atomic mass is 35.5. The van der Waals surface area contributed by atoms with Crippen LogP contribution in [0.15, 0.2) is 0 Å². The van der Waals surface area contributed by atoms with Gasteiger partial charge in [-0.3, -0.25) is 0 Å². The standard InChI is InChI=1S/C24H38ClF4NO4S/c25-21-5-2-6-22(26)20(21)14-34-18-8-7-16-9-15(13-31)12-30(23(16)11-18)35(32,33)19-4-1-3-17(10-19)24(27,28)29/h15-23,31H,1-14H2. The zero-order valence-corrected chi connectivity index (χ0v) is 21.6. The molecule has 9 atom stereocenters. The Morgan fingerprint density at radius 2 is 1.74 bits per heavy atom. The topological polar surface area (TPSA) is 66.8 Å². The first kappa shape index (κ1) is 27.9. The summed E-state index contributed by atoms with van der Waals surface area (Å²) in [5, 5.41) is 8.47. The maximum atomic E-state index is 14.4. The van der Waals surface area contributed by atoms with Crippen molar-refractivity contribution in [1.29, 1.82) is 0 Å². The van der Waals surface area contributed by atoms with Crippen molar-refractivity contribution < 1.29 is 35.8 Å². The van der Waals surface area contributed by atoms with Crippen LogP contribution in [-0.2, 0) is 14.8 Å². The number of aliphatic hydroxyl groups is 1. The predicted molar refractivity (Wildman–Crippen MR) is 125 cm³/mol. The van der Waals surface area contributed by atoms with E-state index in [1.807, 2.05) is 0 Å². The number of piperidine rings is 1. The highest BCUT2D eigenvalue weighted by molar-refractivity contribution is 7.89. The number of hydrogen-bond acceptors (Lipinski definition) is 4. The second-order valence-corrected chi connectivity index (χ2v) is 13.9. The molecule has 0 radical (unpaired) electrons. The average Bonchev–Trinajstić information content (AvgIpc) is 2.82. The van der Waals surface area contributed by atoms with Crippen LogP contribution in [0.4, 0.5) is 17.6 Å². The summed E-state index contributed by atoms with van der Waals surface area (Å²) in [7, 11) is -3.98. The van der Waals surface area contributed by atoms with E-state index in [1.165, 1.54) is 4.31 Å². The summed E-state index contributed by atoms with van der Waals surface area (Å²) in [6, 6.07) is -0.368. The number of sulfonamides is 1. The molecule has 4 aliphatic rings. The second kappa shape index (κ2) is 11.3. The van der Waals surface area contributed by atoms with Gasteiger partial charge < -0.3 is 9.84 Å². The average molecular weight is 548 g/mol. The van der Waals surface area contributed by atoms with Crippen molar-refractivity contribution in [2.75, 3.05) is 19.8 Å². The lowest BCUT2D eigenvalue weighted by Crippen LogP contribution is -2.57. The molecule has 35 heavy (non-hydrogen) atoms. The molecule has 1 heterocycles. The zero-order chi connectivity index (χ0) is 25.4. The van der Waals surface area contributed by atoms with Crippen LogP contribution in [0.3, 0.4) is 0 Å². The van der Waals surface area contributed by atoms with Crippen molar-refractivity contribution in [3.8, 4) is 0 Å². The number of hydrogen-bond donors (Lipinski definition) is 1. The van der Waals surface area contributed by atoms with Gasteiger partial charge in [-0.15, -0.1) is 11.6 Å². The van der Waals surface area contributed by atoms with Gasteiger partial charge >= 0.3 is 6.18 Å². The molecule has 0 aromatic rings. The van der Waals surface area contributed by atoms with Gasteiger partial charge in [0.2, 0.25) is 10.0 Å². The van der Waals surface area contributed by atoms with Gasteiger partial charge in [0.1, 0.15) is 6.17 Å². The summed E-state index contributed by atoms with van der Waals surface area (Å²) in [6.45, 7) is 0.166. The van der Waals surface area contributed by atoms with Crippen LogP contribution in [0.1, 0.15) is 70.6 Å². The van der Waals surface area contributed by atoms with E-state index in [9.17, 15) is 31.1 Å². The molecule has 0 spiro atoms. The van der Waals surface area contributed by atoms with Crippen molar-refractivity contribution in [2.45, 2.75) is 106 Å². The van der Waals surface area contributed by atoms with Crippen molar-refractivity contribution in [3.63, 3.8) is 0 Å². The molecule has 0 aromatic carbocycles. The third kappa shape index (κ3) is 6.29. The van der Waals surface area contributed by atoms with Crippen LogP contribution in [0.25, 0.3) is 0 Å². The summed E-state index contributed by atoms with van der Waals surface area (Å²) < 4.78 is 89.4. The fourth-order valence-electron chi connectivity index (χ4n) is 6.79. The molecule has 0 amide bonds. The van der Waals surface area contributed by atoms with Gasteiger partial charge in [-0.05, 0) is 76.0 Å². The van der Waals surface area contributed by atoms with Gasteiger partial charge in [-0.1, -0.05) is 6.42 Å². The molecule has 3 saturated carbocycles. The van der Waals surface area contributed by atoms with Gasteiger partial charge in [0.05, 0.1) is 23.9 Å². The minimum Gasteiger partial charge on any atom is -0.396 e. The van der Waals surface area contributed by atoms with E-state index in [2.05, 4.69) is 0 Å². The summed E-state index contributed by atoms with van der Waals surface area (Å²) >= 11 is 6.34. The fourth-order valence-corrected chi connectivity index (χ4v) is 9.55. The maximum absolute atomic E-state index is 14.4. The van der Waals surface area contributed by atoms with Crippen molar-refractivity contribution in [1.82, 2.24) is 4.31 Å². The van der Waals surface area contributed by atoms with E-state index in [-0.39, 0.29) is 74.3 Å². The molecule has 4 rings (SSSR count). The predicted octanol–water partition coefficient (Wildman–Crippen LogP) is 5.05. The first-order chi connectivity index (χ1) is 16.5. The Morgan fingerprint density at radius 1 is 1.00 bits per heavy atom. The Kier molecular flexibility index (Phi) is 8.99. The van der Waals surface area contributed by atoms with E-state index in [1.54, 1.807) is 0 Å². The highest BCUT2D eigenvalue weighted by Gasteiger charge is 2.50. The monoisotopic (exact) mass is 547 g/mol. The number of nitrogens with zero attached hydrogens (tertiary/aromatic N) is 1. The number of rotatable bonds is 6. The number of fused-ring (bicyclic) bond motifs is 1. The highest BCUT2D eigenvalue weighted by Crippen LogP contribution is 2.44. The molecule has 0 aromatic heterocycles. The Bertz CT molecular complexity index is 806. The molecule has 0 bridgehead atoms. The van der Waals surface area contributed by atoms with E-state index < -0.39 is 40.0 Å². The summed E-state index contributed by atoms with van der Waals surface area (Å²) in [5.41, 5.74) is 0. The molecule has 5 nitrogen and oxygen atoms in total. The van der Waals surface area contributed by atoms with Gasteiger partial charge in [0.15, 0.2) is 0 Å². The van der Waals surface area contributed by atoms with Crippen molar-refractivity contribution in [3.05, 3.63) is 0 Å². The number of alkyl halides is 5. The van der Waals surface area contributed by atoms with E-state index in [0.29, 0.717) is 32.1 Å². The molecule has 204 valence electrons.